The van der Waals surface area contributed by atoms with E-state index in [9.17, 15) is 4.79 Å². The number of methoxy groups -OCH3 is 1. The first kappa shape index (κ1) is 22.7. The van der Waals surface area contributed by atoms with Gasteiger partial charge in [0.2, 0.25) is 5.95 Å². The minimum absolute atomic E-state index is 0.00951. The SMILES string of the molecule is COc1c(C)cnc(CN2C(=O)C(=Cc3cc(CC(C)C)n[nH]3)c3c(Cl)nc(N)nc32)c1C. The third kappa shape index (κ3) is 4.28. The van der Waals surface area contributed by atoms with E-state index in [-0.39, 0.29) is 23.6 Å². The van der Waals surface area contributed by atoms with Crippen LogP contribution >= 0.6 is 11.6 Å². The molecule has 4 rings (SSSR count). The van der Waals surface area contributed by atoms with Crippen LogP contribution in [0.2, 0.25) is 5.15 Å². The van der Waals surface area contributed by atoms with Crippen LogP contribution < -0.4 is 15.4 Å². The molecule has 1 amide bonds. The molecule has 0 bridgehead atoms. The Morgan fingerprint density at radius 1 is 1.30 bits per heavy atom. The zero-order chi connectivity index (χ0) is 23.9. The molecule has 3 aromatic rings. The second-order valence-electron chi connectivity index (χ2n) is 8.48. The summed E-state index contributed by atoms with van der Waals surface area (Å²) in [5, 5.41) is 7.44. The lowest BCUT2D eigenvalue weighted by atomic mass is 10.1. The highest BCUT2D eigenvalue weighted by molar-refractivity contribution is 6.41. The summed E-state index contributed by atoms with van der Waals surface area (Å²) in [6.07, 6.45) is 4.28. The van der Waals surface area contributed by atoms with Crippen LogP contribution in [0, 0.1) is 19.8 Å². The number of aromatic nitrogens is 5. The van der Waals surface area contributed by atoms with Gasteiger partial charge in [0.05, 0.1) is 41.9 Å². The van der Waals surface area contributed by atoms with Gasteiger partial charge in [-0.3, -0.25) is 19.8 Å². The standard InChI is InChI=1S/C23H26ClN7O2/c1-11(2)6-14-7-15(30-29-14)8-16-18-20(24)27-23(25)28-21(18)31(22(16)32)10-17-13(4)19(33-5)12(3)9-26-17/h7-9,11H,6,10H2,1-5H3,(H,29,30)(H2,25,27,28). The number of aryl methyl sites for hydroxylation is 1. The Bertz CT molecular complexity index is 1270. The maximum atomic E-state index is 13.5. The summed E-state index contributed by atoms with van der Waals surface area (Å²) in [6.45, 7) is 8.26. The number of carbonyl (C=O) groups excluding carboxylic acids is 1. The highest BCUT2D eigenvalue weighted by atomic mass is 35.5. The molecular formula is C23H26ClN7O2. The molecular weight excluding hydrogens is 442 g/mol. The van der Waals surface area contributed by atoms with Crippen LogP contribution in [0.25, 0.3) is 11.6 Å². The topological polar surface area (TPSA) is 123 Å². The summed E-state index contributed by atoms with van der Waals surface area (Å²) >= 11 is 6.43. The first-order valence-corrected chi connectivity index (χ1v) is 11.0. The number of fused-ring (bicyclic) bond motifs is 1. The Balaban J connectivity index is 1.77. The average Bonchev–Trinajstić information content (AvgIpc) is 3.27. The smallest absolute Gasteiger partial charge is 0.260 e. The molecule has 3 aromatic heterocycles. The van der Waals surface area contributed by atoms with Crippen LogP contribution in [0.3, 0.4) is 0 Å². The maximum Gasteiger partial charge on any atom is 0.260 e. The normalized spacial score (nSPS) is 14.5. The molecule has 0 fully saturated rings. The maximum absolute atomic E-state index is 13.5. The van der Waals surface area contributed by atoms with E-state index in [1.807, 2.05) is 19.9 Å². The van der Waals surface area contributed by atoms with E-state index in [1.165, 1.54) is 4.90 Å². The van der Waals surface area contributed by atoms with E-state index in [2.05, 4.69) is 39.0 Å². The zero-order valence-corrected chi connectivity index (χ0v) is 20.0. The molecule has 0 aromatic carbocycles. The summed E-state index contributed by atoms with van der Waals surface area (Å²) < 4.78 is 5.51. The second-order valence-corrected chi connectivity index (χ2v) is 8.84. The summed E-state index contributed by atoms with van der Waals surface area (Å²) in [4.78, 5) is 28.0. The molecule has 1 aliphatic rings. The van der Waals surface area contributed by atoms with Gasteiger partial charge >= 0.3 is 0 Å². The number of rotatable bonds is 6. The molecule has 1 aliphatic heterocycles. The number of pyridine rings is 1. The van der Waals surface area contributed by atoms with Crippen molar-refractivity contribution in [3.05, 3.63) is 51.2 Å². The lowest BCUT2D eigenvalue weighted by Crippen LogP contribution is -2.27. The number of anilines is 2. The molecule has 0 radical (unpaired) electrons. The van der Waals surface area contributed by atoms with Gasteiger partial charge in [0.1, 0.15) is 10.9 Å². The lowest BCUT2D eigenvalue weighted by molar-refractivity contribution is -0.113. The van der Waals surface area contributed by atoms with Gasteiger partial charge in [-0.2, -0.15) is 10.1 Å². The third-order valence-electron chi connectivity index (χ3n) is 5.49. The Morgan fingerprint density at radius 3 is 2.76 bits per heavy atom. The molecule has 172 valence electrons. The number of nitrogens with one attached hydrogen (secondary N) is 1. The molecule has 4 heterocycles. The largest absolute Gasteiger partial charge is 0.496 e. The molecule has 0 saturated heterocycles. The van der Waals surface area contributed by atoms with Gasteiger partial charge < -0.3 is 10.5 Å². The van der Waals surface area contributed by atoms with Crippen LogP contribution in [0.4, 0.5) is 11.8 Å². The molecule has 9 nitrogen and oxygen atoms in total. The van der Waals surface area contributed by atoms with Gasteiger partial charge in [-0.1, -0.05) is 25.4 Å². The highest BCUT2D eigenvalue weighted by Gasteiger charge is 2.37. The van der Waals surface area contributed by atoms with Crippen molar-refractivity contribution >= 4 is 40.9 Å². The van der Waals surface area contributed by atoms with E-state index >= 15 is 0 Å². The fourth-order valence-electron chi connectivity index (χ4n) is 4.01. The van der Waals surface area contributed by atoms with Gasteiger partial charge in [-0.25, -0.2) is 4.98 Å². The summed E-state index contributed by atoms with van der Waals surface area (Å²) in [5.41, 5.74) is 10.7. The predicted molar refractivity (Wildman–Crippen MR) is 128 cm³/mol. The van der Waals surface area contributed by atoms with Gasteiger partial charge in [0.25, 0.3) is 5.91 Å². The molecule has 0 unspecified atom stereocenters. The van der Waals surface area contributed by atoms with Crippen LogP contribution in [-0.2, 0) is 17.8 Å². The van der Waals surface area contributed by atoms with E-state index in [0.29, 0.717) is 34.3 Å². The summed E-state index contributed by atoms with van der Waals surface area (Å²) in [6, 6.07) is 1.92. The van der Waals surface area contributed by atoms with Crippen molar-refractivity contribution in [1.29, 1.82) is 0 Å². The number of carbonyl (C=O) groups is 1. The molecule has 0 spiro atoms. The van der Waals surface area contributed by atoms with Crippen molar-refractivity contribution in [2.24, 2.45) is 5.92 Å². The first-order valence-electron chi connectivity index (χ1n) is 10.6. The Morgan fingerprint density at radius 2 is 2.06 bits per heavy atom. The fraction of sp³-hybridized carbons (Fsp3) is 0.348. The van der Waals surface area contributed by atoms with Gasteiger partial charge in [0.15, 0.2) is 5.82 Å². The highest BCUT2D eigenvalue weighted by Crippen LogP contribution is 2.41. The Kier molecular flexibility index (Phi) is 6.07. The fourth-order valence-corrected chi connectivity index (χ4v) is 4.28. The van der Waals surface area contributed by atoms with E-state index in [4.69, 9.17) is 22.1 Å². The van der Waals surface area contributed by atoms with Gasteiger partial charge in [-0.05, 0) is 38.3 Å². The van der Waals surface area contributed by atoms with E-state index in [0.717, 1.165) is 29.0 Å². The number of halogens is 1. The van der Waals surface area contributed by atoms with Crippen molar-refractivity contribution < 1.29 is 9.53 Å². The Labute approximate surface area is 197 Å². The third-order valence-corrected chi connectivity index (χ3v) is 5.76. The average molecular weight is 468 g/mol. The van der Waals surface area contributed by atoms with Gasteiger partial charge in [-0.15, -0.1) is 0 Å². The zero-order valence-electron chi connectivity index (χ0n) is 19.2. The molecule has 0 aliphatic carbocycles. The second kappa shape index (κ2) is 8.82. The predicted octanol–water partition coefficient (Wildman–Crippen LogP) is 3.74. The molecule has 0 atom stereocenters. The number of nitrogens with two attached hydrogens (primary N) is 1. The monoisotopic (exact) mass is 467 g/mol. The van der Waals surface area contributed by atoms with E-state index < -0.39 is 0 Å². The number of H-pyrrole nitrogens is 1. The first-order chi connectivity index (χ1) is 15.7. The van der Waals surface area contributed by atoms with Crippen molar-refractivity contribution in [2.75, 3.05) is 17.7 Å². The summed E-state index contributed by atoms with van der Waals surface area (Å²) in [5.74, 6) is 1.27. The van der Waals surface area contributed by atoms with Crippen molar-refractivity contribution in [3.8, 4) is 5.75 Å². The number of nitrogens with zero attached hydrogens (tertiary/aromatic N) is 5. The molecule has 10 heteroatoms. The summed E-state index contributed by atoms with van der Waals surface area (Å²) in [7, 11) is 1.61. The molecule has 33 heavy (non-hydrogen) atoms. The van der Waals surface area contributed by atoms with Crippen LogP contribution in [0.1, 0.15) is 47.6 Å². The number of hydrogen-bond acceptors (Lipinski definition) is 7. The van der Waals surface area contributed by atoms with E-state index in [1.54, 1.807) is 19.4 Å². The van der Waals surface area contributed by atoms with Crippen molar-refractivity contribution in [2.45, 2.75) is 40.7 Å². The number of nitrogen functional groups attached to an aromatic ring is 1. The minimum atomic E-state index is -0.271. The van der Waals surface area contributed by atoms with Crippen molar-refractivity contribution in [1.82, 2.24) is 25.1 Å². The number of hydrogen-bond donors (Lipinski definition) is 2. The van der Waals surface area contributed by atoms with Crippen LogP contribution in [-0.4, -0.2) is 38.2 Å². The number of aromatic amines is 1. The Hall–Kier alpha value is -3.46. The number of amides is 1. The van der Waals surface area contributed by atoms with Crippen LogP contribution in [0.5, 0.6) is 5.75 Å². The molecule has 0 saturated carbocycles. The minimum Gasteiger partial charge on any atom is -0.496 e. The number of ether oxygens (including phenoxy) is 1. The molecule has 3 N–H and O–H groups in total. The van der Waals surface area contributed by atoms with Crippen LogP contribution in [0.15, 0.2) is 12.3 Å². The van der Waals surface area contributed by atoms with Gasteiger partial charge in [0, 0.05) is 17.3 Å². The van der Waals surface area contributed by atoms with Crippen molar-refractivity contribution in [3.63, 3.8) is 0 Å². The lowest BCUT2D eigenvalue weighted by Gasteiger charge is -2.19. The quantitative estimate of drug-likeness (QED) is 0.418.